The summed E-state index contributed by atoms with van der Waals surface area (Å²) < 4.78 is 0. The van der Waals surface area contributed by atoms with E-state index in [1.165, 1.54) is 0 Å². The summed E-state index contributed by atoms with van der Waals surface area (Å²) in [5.41, 5.74) is 13.4. The van der Waals surface area contributed by atoms with Crippen molar-refractivity contribution in [2.45, 2.75) is 0 Å². The van der Waals surface area contributed by atoms with Crippen LogP contribution in [0.1, 0.15) is 5.56 Å². The summed E-state index contributed by atoms with van der Waals surface area (Å²) in [5.74, 6) is 0.0417. The van der Waals surface area contributed by atoms with Crippen molar-refractivity contribution >= 4 is 11.5 Å². The maximum absolute atomic E-state index is 7.12. The zero-order chi connectivity index (χ0) is 7.56. The molecule has 0 aliphatic heterocycles. The second-order valence-corrected chi connectivity index (χ2v) is 1.99. The van der Waals surface area contributed by atoms with E-state index < -0.39 is 0 Å². The summed E-state index contributed by atoms with van der Waals surface area (Å²) in [4.78, 5) is 0. The maximum atomic E-state index is 7.12. The molecule has 0 aromatic heterocycles. The lowest BCUT2D eigenvalue weighted by Gasteiger charge is -1.95. The Hall–Kier alpha value is -1.51. The van der Waals surface area contributed by atoms with Crippen molar-refractivity contribution in [2.75, 3.05) is 0 Å². The molecule has 0 bridgehead atoms. The molecule has 0 amide bonds. The van der Waals surface area contributed by atoms with Crippen molar-refractivity contribution in [3.63, 3.8) is 0 Å². The number of amidine groups is 1. The van der Waals surface area contributed by atoms with Crippen LogP contribution in [0.25, 0.3) is 0 Å². The number of benzene rings is 1. The first-order chi connectivity index (χ1) is 4.70. The highest BCUT2D eigenvalue weighted by Crippen LogP contribution is 2.05. The Morgan fingerprint density at radius 2 is 1.70 bits per heavy atom. The smallest absolute Gasteiger partial charge is 0.122 e. The lowest BCUT2D eigenvalue weighted by atomic mass is 10.2. The quantitative estimate of drug-likeness (QED) is 0.434. The first kappa shape index (κ1) is 6.61. The molecule has 3 nitrogen and oxygen atoms in total. The molecule has 0 fully saturated rings. The molecular formula is C7H8N3. The van der Waals surface area contributed by atoms with E-state index in [9.17, 15) is 0 Å². The number of hydrogen-bond acceptors (Lipinski definition) is 1. The molecule has 51 valence electrons. The van der Waals surface area contributed by atoms with E-state index in [1.54, 1.807) is 24.3 Å². The molecule has 0 spiro atoms. The zero-order valence-corrected chi connectivity index (χ0v) is 5.39. The highest BCUT2D eigenvalue weighted by Gasteiger charge is 1.92. The number of hydrogen-bond donors (Lipinski definition) is 2. The van der Waals surface area contributed by atoms with E-state index in [4.69, 9.17) is 16.9 Å². The number of nitrogen functional groups attached to an aromatic ring is 1. The fraction of sp³-hybridized carbons (Fsp3) is 0. The summed E-state index contributed by atoms with van der Waals surface area (Å²) in [6.45, 7) is 0. The molecule has 0 saturated carbocycles. The van der Waals surface area contributed by atoms with Crippen LogP contribution in [0.3, 0.4) is 0 Å². The third kappa shape index (κ3) is 1.25. The van der Waals surface area contributed by atoms with Gasteiger partial charge in [-0.05, 0) is 24.3 Å². The second kappa shape index (κ2) is 2.39. The number of nitrogens with two attached hydrogens (primary N) is 1. The van der Waals surface area contributed by atoms with Crippen LogP contribution >= 0.6 is 0 Å². The van der Waals surface area contributed by atoms with Crippen LogP contribution < -0.4 is 11.5 Å². The van der Waals surface area contributed by atoms with Crippen LogP contribution in [-0.2, 0) is 0 Å². The normalized spacial score (nSPS) is 9.20. The molecule has 1 aromatic carbocycles. The molecule has 1 aromatic rings. The molecule has 0 aliphatic rings. The van der Waals surface area contributed by atoms with Gasteiger partial charge in [0.15, 0.2) is 0 Å². The van der Waals surface area contributed by atoms with Gasteiger partial charge in [0.1, 0.15) is 5.84 Å². The molecule has 1 rings (SSSR count). The molecule has 0 atom stereocenters. The van der Waals surface area contributed by atoms with Crippen molar-refractivity contribution in [1.29, 1.82) is 5.41 Å². The predicted molar refractivity (Wildman–Crippen MR) is 40.2 cm³/mol. The second-order valence-electron chi connectivity index (χ2n) is 1.99. The maximum Gasteiger partial charge on any atom is 0.122 e. The fourth-order valence-corrected chi connectivity index (χ4v) is 0.650. The zero-order valence-electron chi connectivity index (χ0n) is 5.39. The van der Waals surface area contributed by atoms with E-state index in [2.05, 4.69) is 0 Å². The van der Waals surface area contributed by atoms with Crippen LogP contribution in [0.4, 0.5) is 5.69 Å². The molecule has 0 saturated heterocycles. The van der Waals surface area contributed by atoms with Crippen LogP contribution in [0.5, 0.6) is 0 Å². The van der Waals surface area contributed by atoms with Gasteiger partial charge in [-0.1, -0.05) is 0 Å². The van der Waals surface area contributed by atoms with E-state index in [1.807, 2.05) is 0 Å². The number of rotatable bonds is 1. The lowest BCUT2D eigenvalue weighted by Crippen LogP contribution is -2.10. The van der Waals surface area contributed by atoms with Crippen molar-refractivity contribution in [3.8, 4) is 0 Å². The summed E-state index contributed by atoms with van der Waals surface area (Å²) in [6, 6.07) is 6.53. The van der Waals surface area contributed by atoms with Gasteiger partial charge in [-0.3, -0.25) is 5.41 Å². The van der Waals surface area contributed by atoms with Gasteiger partial charge >= 0.3 is 0 Å². The topological polar surface area (TPSA) is 73.7 Å². The Bertz CT molecular complexity index is 238. The van der Waals surface area contributed by atoms with E-state index in [0.29, 0.717) is 11.3 Å². The highest BCUT2D eigenvalue weighted by molar-refractivity contribution is 5.95. The highest BCUT2D eigenvalue weighted by atomic mass is 14.7. The molecular weight excluding hydrogens is 126 g/mol. The SMILES string of the molecule is [NH]c1ccc(C(=N)N)cc1. The average molecular weight is 134 g/mol. The molecule has 0 unspecified atom stereocenters. The summed E-state index contributed by atoms with van der Waals surface area (Å²) in [5, 5.41) is 7.02. The minimum absolute atomic E-state index is 0.0417. The van der Waals surface area contributed by atoms with E-state index >= 15 is 0 Å². The van der Waals surface area contributed by atoms with Gasteiger partial charge in [0.2, 0.25) is 0 Å². The van der Waals surface area contributed by atoms with E-state index in [-0.39, 0.29) is 5.84 Å². The standard InChI is InChI=1S/C7H8N3/c8-6-3-1-5(2-4-6)7(9)10/h1-4,8H,(H3,9,10). The Labute approximate surface area is 59.2 Å². The Kier molecular flexibility index (Phi) is 1.58. The summed E-state index contributed by atoms with van der Waals surface area (Å²) >= 11 is 0. The van der Waals surface area contributed by atoms with Gasteiger partial charge in [0, 0.05) is 5.56 Å². The van der Waals surface area contributed by atoms with Gasteiger partial charge in [-0.2, -0.15) is 0 Å². The predicted octanol–water partition coefficient (Wildman–Crippen LogP) is 0.885. The molecule has 10 heavy (non-hydrogen) atoms. The van der Waals surface area contributed by atoms with Crippen molar-refractivity contribution in [2.24, 2.45) is 5.73 Å². The van der Waals surface area contributed by atoms with Gasteiger partial charge in [-0.25, -0.2) is 0 Å². The Morgan fingerprint density at radius 3 is 2.10 bits per heavy atom. The van der Waals surface area contributed by atoms with E-state index in [0.717, 1.165) is 0 Å². The third-order valence-corrected chi connectivity index (χ3v) is 1.20. The van der Waals surface area contributed by atoms with Gasteiger partial charge in [0.25, 0.3) is 0 Å². The minimum Gasteiger partial charge on any atom is -0.384 e. The van der Waals surface area contributed by atoms with Crippen molar-refractivity contribution in [3.05, 3.63) is 29.8 Å². The molecule has 0 heterocycles. The summed E-state index contributed by atoms with van der Waals surface area (Å²) in [7, 11) is 0. The van der Waals surface area contributed by atoms with Gasteiger partial charge < -0.3 is 11.5 Å². The molecule has 3 heteroatoms. The molecule has 1 radical (unpaired) electrons. The van der Waals surface area contributed by atoms with Crippen molar-refractivity contribution < 1.29 is 0 Å². The Balaban J connectivity index is 3.00. The fourth-order valence-electron chi connectivity index (χ4n) is 0.650. The largest absolute Gasteiger partial charge is 0.384 e. The van der Waals surface area contributed by atoms with Crippen LogP contribution in [0.15, 0.2) is 24.3 Å². The van der Waals surface area contributed by atoms with Gasteiger partial charge in [-0.15, -0.1) is 0 Å². The lowest BCUT2D eigenvalue weighted by molar-refractivity contribution is 1.41. The molecule has 4 N–H and O–H groups in total. The molecule has 0 aliphatic carbocycles. The first-order valence-corrected chi connectivity index (χ1v) is 2.86. The minimum atomic E-state index is 0.0417. The van der Waals surface area contributed by atoms with Crippen LogP contribution in [0, 0.1) is 5.41 Å². The summed E-state index contributed by atoms with van der Waals surface area (Å²) in [6.07, 6.45) is 0. The first-order valence-electron chi connectivity index (χ1n) is 2.86. The third-order valence-electron chi connectivity index (χ3n) is 1.20. The van der Waals surface area contributed by atoms with Crippen LogP contribution in [-0.4, -0.2) is 5.84 Å². The average Bonchev–Trinajstić information content (AvgIpc) is 1.88. The van der Waals surface area contributed by atoms with Gasteiger partial charge in [0.05, 0.1) is 5.69 Å². The van der Waals surface area contributed by atoms with Crippen molar-refractivity contribution in [1.82, 2.24) is 5.73 Å². The monoisotopic (exact) mass is 134 g/mol. The van der Waals surface area contributed by atoms with Crippen LogP contribution in [0.2, 0.25) is 0 Å². The number of nitrogens with one attached hydrogen (secondary N) is 2. The Morgan fingerprint density at radius 1 is 1.20 bits per heavy atom.